The molecule has 0 radical (unpaired) electrons. The summed E-state index contributed by atoms with van der Waals surface area (Å²) in [5.41, 5.74) is 27.4. The van der Waals surface area contributed by atoms with Crippen LogP contribution in [0, 0.1) is 27.7 Å². The van der Waals surface area contributed by atoms with Gasteiger partial charge < -0.3 is 19.6 Å². The smallest absolute Gasteiger partial charge is 0.252 e. The number of fused-ring (bicyclic) bond motifs is 16. The van der Waals surface area contributed by atoms with Crippen LogP contribution in [0.25, 0.3) is 51.5 Å². The Morgan fingerprint density at radius 2 is 0.931 bits per heavy atom. The molecule has 4 atom stereocenters. The van der Waals surface area contributed by atoms with Gasteiger partial charge in [-0.15, -0.1) is 22.7 Å². The second-order valence-corrected chi connectivity index (χ2v) is 29.8. The number of rotatable bonds is 5. The zero-order valence-electron chi connectivity index (χ0n) is 51.2. The highest BCUT2D eigenvalue weighted by Crippen LogP contribution is 2.65. The second-order valence-electron chi connectivity index (χ2n) is 27.7. The SMILES string of the molecule is Cc1cc(C)c2c(c1)N(c1ccc3c(c1)N(c1cccc4c1sc1ccccc14)c1cc(N4c5cc(C)cc(C)c5C5(C)CCCCC45C)cc4c1B3c1cc(-c3ccccc3)ccc1N4c1ccc3c(c1)sc1ccccc13)C1(C)CCCCC21C. The van der Waals surface area contributed by atoms with Gasteiger partial charge in [-0.2, -0.15) is 0 Å². The van der Waals surface area contributed by atoms with Crippen LogP contribution in [0.2, 0.25) is 0 Å². The average Bonchev–Trinajstić information content (AvgIpc) is 1.72. The molecule has 4 nitrogen and oxygen atoms in total. The van der Waals surface area contributed by atoms with Crippen molar-refractivity contribution >= 4 is 143 Å². The van der Waals surface area contributed by atoms with Crippen LogP contribution in [-0.4, -0.2) is 17.8 Å². The minimum atomic E-state index is -0.179. The van der Waals surface area contributed by atoms with Crippen molar-refractivity contribution < 1.29 is 0 Å². The lowest BCUT2D eigenvalue weighted by molar-refractivity contribution is 0.194. The van der Waals surface area contributed by atoms with Crippen molar-refractivity contribution in [3.8, 4) is 11.1 Å². The Morgan fingerprint density at radius 3 is 1.62 bits per heavy atom. The van der Waals surface area contributed by atoms with Gasteiger partial charge in [-0.1, -0.05) is 155 Å². The molecular formula is C80H71BN4S2. The summed E-state index contributed by atoms with van der Waals surface area (Å²) in [6, 6.07) is 74.1. The normalized spacial score (nSPS) is 22.4. The Balaban J connectivity index is 0.983. The van der Waals surface area contributed by atoms with Crippen LogP contribution in [-0.2, 0) is 10.8 Å². The van der Waals surface area contributed by atoms with E-state index < -0.39 is 0 Å². The number of thiophene rings is 2. The summed E-state index contributed by atoms with van der Waals surface area (Å²) < 4.78 is 5.26. The Kier molecular flexibility index (Phi) is 10.9. The fourth-order valence-electron chi connectivity index (χ4n) is 18.9. The Hall–Kier alpha value is -8.10. The predicted molar refractivity (Wildman–Crippen MR) is 376 cm³/mol. The summed E-state index contributed by atoms with van der Waals surface area (Å²) in [4.78, 5) is 11.2. The lowest BCUT2D eigenvalue weighted by atomic mass is 9.33. The summed E-state index contributed by atoms with van der Waals surface area (Å²) >= 11 is 3.86. The van der Waals surface area contributed by atoms with E-state index in [1.807, 2.05) is 22.7 Å². The molecule has 2 saturated carbocycles. The zero-order chi connectivity index (χ0) is 58.6. The highest BCUT2D eigenvalue weighted by Gasteiger charge is 2.60. The van der Waals surface area contributed by atoms with Gasteiger partial charge in [0.25, 0.3) is 6.71 Å². The molecule has 0 N–H and O–H groups in total. The average molecular weight is 1160 g/mol. The third-order valence-corrected chi connectivity index (χ3v) is 25.3. The lowest BCUT2D eigenvalue weighted by Crippen LogP contribution is -2.61. The number of benzene rings is 10. The molecule has 10 aromatic carbocycles. The molecule has 0 spiro atoms. The first kappa shape index (κ1) is 52.1. The van der Waals surface area contributed by atoms with E-state index in [1.54, 1.807) is 5.56 Å². The monoisotopic (exact) mass is 1160 g/mol. The minimum Gasteiger partial charge on any atom is -0.334 e. The van der Waals surface area contributed by atoms with Crippen molar-refractivity contribution in [3.63, 3.8) is 0 Å². The van der Waals surface area contributed by atoms with Gasteiger partial charge in [0.2, 0.25) is 0 Å². The first-order chi connectivity index (χ1) is 42.2. The number of nitrogens with zero attached hydrogens (tertiary/aromatic N) is 4. The first-order valence-electron chi connectivity index (χ1n) is 32.0. The van der Waals surface area contributed by atoms with Gasteiger partial charge in [-0.25, -0.2) is 0 Å². The highest BCUT2D eigenvalue weighted by molar-refractivity contribution is 7.26. The van der Waals surface area contributed by atoms with Crippen molar-refractivity contribution in [2.45, 2.75) is 129 Å². The Labute approximate surface area is 520 Å². The molecule has 0 saturated heterocycles. The maximum Gasteiger partial charge on any atom is 0.252 e. The van der Waals surface area contributed by atoms with Crippen molar-refractivity contribution in [2.75, 3.05) is 19.6 Å². The molecule has 6 heterocycles. The maximum absolute atomic E-state index is 2.87. The third kappa shape index (κ3) is 6.91. The van der Waals surface area contributed by atoms with Crippen LogP contribution < -0.4 is 36.0 Å². The maximum atomic E-state index is 2.87. The fourth-order valence-corrected chi connectivity index (χ4v) is 21.2. The van der Waals surface area contributed by atoms with Crippen molar-refractivity contribution in [1.82, 2.24) is 0 Å². The summed E-state index contributed by atoms with van der Waals surface area (Å²) in [6.45, 7) is 19.7. The van der Waals surface area contributed by atoms with Crippen molar-refractivity contribution in [1.29, 1.82) is 0 Å². The Bertz CT molecular complexity index is 4960. The van der Waals surface area contributed by atoms with Gasteiger partial charge in [0.05, 0.1) is 21.5 Å². The second kappa shape index (κ2) is 18.2. The third-order valence-electron chi connectivity index (χ3n) is 23.0. The van der Waals surface area contributed by atoms with Gasteiger partial charge >= 0.3 is 0 Å². The fraction of sp³-hybridized carbons (Fsp3) is 0.250. The van der Waals surface area contributed by atoms with E-state index in [2.05, 4.69) is 263 Å². The number of aryl methyl sites for hydroxylation is 4. The summed E-state index contributed by atoms with van der Waals surface area (Å²) in [5.74, 6) is 0. The first-order valence-corrected chi connectivity index (χ1v) is 33.7. The van der Waals surface area contributed by atoms with E-state index in [1.165, 1.54) is 191 Å². The van der Waals surface area contributed by atoms with E-state index in [0.717, 1.165) is 12.8 Å². The van der Waals surface area contributed by atoms with Crippen LogP contribution in [0.1, 0.15) is 112 Å². The van der Waals surface area contributed by atoms with Crippen LogP contribution >= 0.6 is 22.7 Å². The van der Waals surface area contributed by atoms with Gasteiger partial charge in [-0.3, -0.25) is 0 Å². The molecule has 12 aromatic rings. The largest absolute Gasteiger partial charge is 0.334 e. The molecule has 0 bridgehead atoms. The molecule has 87 heavy (non-hydrogen) atoms. The minimum absolute atomic E-state index is 0.00204. The summed E-state index contributed by atoms with van der Waals surface area (Å²) in [7, 11) is 0. The molecule has 2 aliphatic carbocycles. The molecule has 7 heteroatoms. The van der Waals surface area contributed by atoms with E-state index in [4.69, 9.17) is 0 Å². The molecule has 18 rings (SSSR count). The van der Waals surface area contributed by atoms with Gasteiger partial charge in [0.1, 0.15) is 0 Å². The quantitative estimate of drug-likeness (QED) is 0.159. The highest BCUT2D eigenvalue weighted by atomic mass is 32.1. The molecule has 426 valence electrons. The zero-order valence-corrected chi connectivity index (χ0v) is 52.9. The molecule has 0 amide bonds. The predicted octanol–water partition coefficient (Wildman–Crippen LogP) is 20.9. The topological polar surface area (TPSA) is 13.0 Å². The number of anilines is 10. The molecule has 2 aromatic heterocycles. The van der Waals surface area contributed by atoms with Gasteiger partial charge in [0.15, 0.2) is 0 Å². The van der Waals surface area contributed by atoms with Crippen molar-refractivity contribution in [3.05, 3.63) is 221 Å². The van der Waals surface area contributed by atoms with Crippen molar-refractivity contribution in [2.24, 2.45) is 0 Å². The summed E-state index contributed by atoms with van der Waals surface area (Å²) in [6.07, 6.45) is 9.55. The molecule has 2 fully saturated rings. The van der Waals surface area contributed by atoms with Crippen LogP contribution in [0.5, 0.6) is 0 Å². The standard InChI is InChI=1S/C80H71BN4S2/c1-48-39-50(3)73-66(41-48)84(79(7)37-18-16-35-77(73,79)5)55-31-33-61-65(44-55)83(64-26-20-25-60-58-24-13-15-28-71(58)87-76(60)64)69-46-56(85-67-42-49(2)40-51(4)74(67)78(6)36-17-19-38-80(78,85)8)45-68-75(69)81(61)62-43-53(52-21-10-9-11-22-52)29-34-63(62)82(68)54-30-32-59-57-23-12-14-27-70(57)86-72(59)47-54/h9-15,20-34,39-47H,16-19,35-38H2,1-8H3. The van der Waals surface area contributed by atoms with Crippen LogP contribution in [0.4, 0.5) is 56.9 Å². The van der Waals surface area contributed by atoms with E-state index >= 15 is 0 Å². The molecule has 4 aliphatic heterocycles. The van der Waals surface area contributed by atoms with Gasteiger partial charge in [-0.05, 0) is 201 Å². The van der Waals surface area contributed by atoms with E-state index in [0.29, 0.717) is 0 Å². The lowest BCUT2D eigenvalue weighted by Gasteiger charge is -2.51. The van der Waals surface area contributed by atoms with E-state index in [9.17, 15) is 0 Å². The van der Waals surface area contributed by atoms with E-state index in [-0.39, 0.29) is 28.6 Å². The molecule has 6 aliphatic rings. The summed E-state index contributed by atoms with van der Waals surface area (Å²) in [5, 5.41) is 5.26. The number of hydrogen-bond donors (Lipinski definition) is 0. The van der Waals surface area contributed by atoms with Crippen LogP contribution in [0.3, 0.4) is 0 Å². The Morgan fingerprint density at radius 1 is 0.368 bits per heavy atom. The number of hydrogen-bond acceptors (Lipinski definition) is 6. The molecule has 4 unspecified atom stereocenters. The molecular weight excluding hydrogens is 1090 g/mol. The van der Waals surface area contributed by atoms with Crippen LogP contribution in [0.15, 0.2) is 188 Å². The van der Waals surface area contributed by atoms with Gasteiger partial charge in [0, 0.05) is 97.7 Å².